The van der Waals surface area contributed by atoms with Crippen molar-refractivity contribution >= 4 is 11.8 Å². The summed E-state index contributed by atoms with van der Waals surface area (Å²) in [5.74, 6) is -3.02. The molecule has 1 aliphatic rings. The van der Waals surface area contributed by atoms with Gasteiger partial charge < -0.3 is 15.7 Å². The van der Waals surface area contributed by atoms with Crippen molar-refractivity contribution in [1.29, 1.82) is 0 Å². The van der Waals surface area contributed by atoms with E-state index in [1.54, 1.807) is 0 Å². The lowest BCUT2D eigenvalue weighted by Gasteiger charge is -2.18. The summed E-state index contributed by atoms with van der Waals surface area (Å²) in [6.07, 6.45) is -0.301. The number of fused-ring (bicyclic) bond motifs is 1. The highest BCUT2D eigenvalue weighted by atomic mass is 19.1. The molecule has 3 N–H and O–H groups in total. The molecular formula is C18H16F2N2O3. The zero-order chi connectivity index (χ0) is 18.0. The first kappa shape index (κ1) is 17.0. The van der Waals surface area contributed by atoms with E-state index in [0.29, 0.717) is 12.5 Å². The fourth-order valence-electron chi connectivity index (χ4n) is 2.92. The molecule has 0 aliphatic heterocycles. The quantitative estimate of drug-likeness (QED) is 0.784. The molecule has 0 aromatic heterocycles. The summed E-state index contributed by atoms with van der Waals surface area (Å²) in [6.45, 7) is -0.373. The zero-order valence-electron chi connectivity index (χ0n) is 13.1. The molecule has 5 nitrogen and oxygen atoms in total. The van der Waals surface area contributed by atoms with Crippen LogP contribution < -0.4 is 10.6 Å². The lowest BCUT2D eigenvalue weighted by atomic mass is 10.1. The van der Waals surface area contributed by atoms with E-state index in [1.807, 2.05) is 24.3 Å². The third-order valence-electron chi connectivity index (χ3n) is 4.05. The lowest BCUT2D eigenvalue weighted by molar-refractivity contribution is -0.121. The highest BCUT2D eigenvalue weighted by Crippen LogP contribution is 2.30. The molecule has 0 radical (unpaired) electrons. The van der Waals surface area contributed by atoms with Gasteiger partial charge in [-0.15, -0.1) is 0 Å². The maximum atomic E-state index is 13.1. The minimum Gasteiger partial charge on any atom is -0.390 e. The van der Waals surface area contributed by atoms with E-state index < -0.39 is 35.6 Å². The Kier molecular flexibility index (Phi) is 4.76. The van der Waals surface area contributed by atoms with Crippen LogP contribution in [-0.4, -0.2) is 29.6 Å². The van der Waals surface area contributed by atoms with Gasteiger partial charge in [-0.25, -0.2) is 8.78 Å². The number of nitrogens with one attached hydrogen (secondary N) is 2. The maximum absolute atomic E-state index is 13.1. The van der Waals surface area contributed by atoms with E-state index in [2.05, 4.69) is 10.6 Å². The van der Waals surface area contributed by atoms with Crippen LogP contribution in [0.25, 0.3) is 0 Å². The van der Waals surface area contributed by atoms with Gasteiger partial charge in [-0.05, 0) is 23.3 Å². The molecule has 2 unspecified atom stereocenters. The van der Waals surface area contributed by atoms with Crippen LogP contribution in [0.5, 0.6) is 0 Å². The zero-order valence-corrected chi connectivity index (χ0v) is 13.1. The van der Waals surface area contributed by atoms with Gasteiger partial charge in [0, 0.05) is 18.1 Å². The highest BCUT2D eigenvalue weighted by molar-refractivity contribution is 5.96. The third-order valence-corrected chi connectivity index (χ3v) is 4.05. The van der Waals surface area contributed by atoms with E-state index in [1.165, 1.54) is 0 Å². The molecule has 0 saturated heterocycles. The number of rotatable bonds is 4. The van der Waals surface area contributed by atoms with Crippen molar-refractivity contribution in [3.05, 3.63) is 70.8 Å². The van der Waals surface area contributed by atoms with Gasteiger partial charge in [0.1, 0.15) is 11.6 Å². The molecule has 0 saturated carbocycles. The molecule has 7 heteroatoms. The molecule has 0 spiro atoms. The first-order valence-corrected chi connectivity index (χ1v) is 7.73. The Hall–Kier alpha value is -2.80. The standard InChI is InChI=1S/C18H16F2N2O3/c19-12-5-11(6-13(20)8-12)18(25)21-9-16(24)22-17-14-4-2-1-3-10(14)7-15(17)23/h1-6,8,15,17,23H,7,9H2,(H,21,25)(H,22,24). The van der Waals surface area contributed by atoms with Crippen LogP contribution in [0.1, 0.15) is 27.5 Å². The Morgan fingerprint density at radius 2 is 1.80 bits per heavy atom. The van der Waals surface area contributed by atoms with E-state index in [-0.39, 0.29) is 12.1 Å². The molecular weight excluding hydrogens is 330 g/mol. The first-order valence-electron chi connectivity index (χ1n) is 7.73. The fourth-order valence-corrected chi connectivity index (χ4v) is 2.92. The van der Waals surface area contributed by atoms with Crippen molar-refractivity contribution in [3.63, 3.8) is 0 Å². The van der Waals surface area contributed by atoms with Gasteiger partial charge in [0.25, 0.3) is 5.91 Å². The van der Waals surface area contributed by atoms with E-state index in [4.69, 9.17) is 0 Å². The van der Waals surface area contributed by atoms with Crippen molar-refractivity contribution in [2.75, 3.05) is 6.54 Å². The van der Waals surface area contributed by atoms with Crippen LogP contribution in [-0.2, 0) is 11.2 Å². The van der Waals surface area contributed by atoms with Gasteiger partial charge >= 0.3 is 0 Å². The Bertz CT molecular complexity index is 805. The minimum absolute atomic E-state index is 0.212. The van der Waals surface area contributed by atoms with Crippen molar-refractivity contribution in [1.82, 2.24) is 10.6 Å². The second kappa shape index (κ2) is 6.98. The summed E-state index contributed by atoms with van der Waals surface area (Å²) in [6, 6.07) is 9.25. The van der Waals surface area contributed by atoms with Crippen molar-refractivity contribution in [3.8, 4) is 0 Å². The summed E-state index contributed by atoms with van der Waals surface area (Å²) in [4.78, 5) is 23.9. The molecule has 2 aromatic carbocycles. The van der Waals surface area contributed by atoms with Crippen LogP contribution in [0.4, 0.5) is 8.78 Å². The monoisotopic (exact) mass is 346 g/mol. The topological polar surface area (TPSA) is 78.4 Å². The van der Waals surface area contributed by atoms with Crippen LogP contribution in [0.3, 0.4) is 0 Å². The molecule has 0 heterocycles. The number of benzene rings is 2. The number of aliphatic hydroxyl groups is 1. The molecule has 25 heavy (non-hydrogen) atoms. The van der Waals surface area contributed by atoms with Crippen LogP contribution in [0.2, 0.25) is 0 Å². The normalized spacial score (nSPS) is 18.5. The van der Waals surface area contributed by atoms with E-state index in [9.17, 15) is 23.5 Å². The number of amides is 2. The second-order valence-corrected chi connectivity index (χ2v) is 5.86. The van der Waals surface area contributed by atoms with Crippen molar-refractivity contribution < 1.29 is 23.5 Å². The van der Waals surface area contributed by atoms with Gasteiger partial charge in [0.05, 0.1) is 18.7 Å². The lowest BCUT2D eigenvalue weighted by Crippen LogP contribution is -2.41. The number of aliphatic hydroxyl groups excluding tert-OH is 1. The molecule has 2 aromatic rings. The van der Waals surface area contributed by atoms with Gasteiger partial charge in [-0.1, -0.05) is 24.3 Å². The third kappa shape index (κ3) is 3.83. The molecule has 3 rings (SSSR count). The van der Waals surface area contributed by atoms with Gasteiger partial charge in [-0.3, -0.25) is 9.59 Å². The molecule has 0 bridgehead atoms. The highest BCUT2D eigenvalue weighted by Gasteiger charge is 2.31. The Morgan fingerprint density at radius 3 is 2.52 bits per heavy atom. The van der Waals surface area contributed by atoms with Crippen LogP contribution in [0.15, 0.2) is 42.5 Å². The molecule has 2 amide bonds. The number of carbonyl (C=O) groups is 2. The summed E-state index contributed by atoms with van der Waals surface area (Å²) in [7, 11) is 0. The van der Waals surface area contributed by atoms with Crippen molar-refractivity contribution in [2.24, 2.45) is 0 Å². The smallest absolute Gasteiger partial charge is 0.251 e. The van der Waals surface area contributed by atoms with Crippen molar-refractivity contribution in [2.45, 2.75) is 18.6 Å². The van der Waals surface area contributed by atoms with Gasteiger partial charge in [0.2, 0.25) is 5.91 Å². The fraction of sp³-hybridized carbons (Fsp3) is 0.222. The Morgan fingerprint density at radius 1 is 1.12 bits per heavy atom. The largest absolute Gasteiger partial charge is 0.390 e. The number of carbonyl (C=O) groups excluding carboxylic acids is 2. The summed E-state index contributed by atoms with van der Waals surface area (Å²) in [5, 5.41) is 15.1. The van der Waals surface area contributed by atoms with Crippen LogP contribution in [0, 0.1) is 11.6 Å². The number of hydrogen-bond acceptors (Lipinski definition) is 3. The molecule has 0 fully saturated rings. The first-order chi connectivity index (χ1) is 11.9. The summed E-state index contributed by atoms with van der Waals surface area (Å²) in [5.41, 5.74) is 1.58. The van der Waals surface area contributed by atoms with Crippen LogP contribution >= 0.6 is 0 Å². The summed E-state index contributed by atoms with van der Waals surface area (Å²) >= 11 is 0. The Balaban J connectivity index is 1.59. The average molecular weight is 346 g/mol. The predicted molar refractivity (Wildman–Crippen MR) is 85.7 cm³/mol. The number of hydrogen-bond donors (Lipinski definition) is 3. The maximum Gasteiger partial charge on any atom is 0.251 e. The second-order valence-electron chi connectivity index (χ2n) is 5.86. The predicted octanol–water partition coefficient (Wildman–Crippen LogP) is 1.47. The Labute approximate surface area is 142 Å². The molecule has 1 aliphatic carbocycles. The molecule has 130 valence electrons. The average Bonchev–Trinajstić information content (AvgIpc) is 2.87. The van der Waals surface area contributed by atoms with Gasteiger partial charge in [0.15, 0.2) is 0 Å². The minimum atomic E-state index is -0.875. The summed E-state index contributed by atoms with van der Waals surface area (Å²) < 4.78 is 26.2. The van der Waals surface area contributed by atoms with E-state index >= 15 is 0 Å². The number of halogens is 2. The SMILES string of the molecule is O=C(CNC(=O)c1cc(F)cc(F)c1)NC1c2ccccc2CC1O. The molecule has 2 atom stereocenters. The van der Waals surface area contributed by atoms with E-state index in [0.717, 1.165) is 23.3 Å². The van der Waals surface area contributed by atoms with Gasteiger partial charge in [-0.2, -0.15) is 0 Å².